The van der Waals surface area contributed by atoms with Gasteiger partial charge in [-0.1, -0.05) is 23.7 Å². The molecule has 0 aliphatic carbocycles. The van der Waals surface area contributed by atoms with Crippen LogP contribution in [0.5, 0.6) is 5.75 Å². The number of aromatic nitrogens is 4. The first-order valence-corrected chi connectivity index (χ1v) is 8.40. The molecule has 8 heteroatoms. The topological polar surface area (TPSA) is 52.8 Å². The summed E-state index contributed by atoms with van der Waals surface area (Å²) < 4.78 is 33.5. The molecule has 0 saturated heterocycles. The van der Waals surface area contributed by atoms with Crippen LogP contribution in [0.2, 0.25) is 5.15 Å². The average Bonchev–Trinajstić information content (AvgIpc) is 3.07. The molecular weight excluding hydrogens is 374 g/mol. The number of benzene rings is 2. The van der Waals surface area contributed by atoms with Gasteiger partial charge in [0.05, 0.1) is 19.9 Å². The molecule has 0 radical (unpaired) electrons. The first-order chi connectivity index (χ1) is 13.0. The molecule has 0 fully saturated rings. The van der Waals surface area contributed by atoms with E-state index < -0.39 is 11.6 Å². The van der Waals surface area contributed by atoms with Crippen molar-refractivity contribution >= 4 is 22.6 Å². The van der Waals surface area contributed by atoms with E-state index in [1.165, 1.54) is 6.07 Å². The molecule has 0 saturated carbocycles. The summed E-state index contributed by atoms with van der Waals surface area (Å²) in [5.74, 6) is -0.925. The first-order valence-electron chi connectivity index (χ1n) is 8.02. The minimum atomic E-state index is -0.970. The van der Waals surface area contributed by atoms with Gasteiger partial charge in [-0.3, -0.25) is 4.68 Å². The lowest BCUT2D eigenvalue weighted by atomic mass is 10.2. The molecule has 4 rings (SSSR count). The van der Waals surface area contributed by atoms with Crippen LogP contribution in [0.4, 0.5) is 8.78 Å². The molecule has 0 aliphatic heterocycles. The van der Waals surface area contributed by atoms with Crippen LogP contribution in [0, 0.1) is 11.6 Å². The maximum Gasteiger partial charge on any atom is 0.161 e. The Labute approximate surface area is 158 Å². The van der Waals surface area contributed by atoms with E-state index in [1.54, 1.807) is 18.0 Å². The Morgan fingerprint density at radius 2 is 1.81 bits per heavy atom. The Balaban J connectivity index is 1.69. The second-order valence-corrected chi connectivity index (χ2v) is 6.23. The predicted octanol–water partition coefficient (Wildman–Crippen LogP) is 4.48. The van der Waals surface area contributed by atoms with Crippen molar-refractivity contribution in [3.8, 4) is 17.1 Å². The molecule has 0 atom stereocenters. The summed E-state index contributed by atoms with van der Waals surface area (Å²) in [6.45, 7) is 0.511. The zero-order valence-electron chi connectivity index (χ0n) is 14.2. The summed E-state index contributed by atoms with van der Waals surface area (Å²) in [7, 11) is 1.61. The van der Waals surface area contributed by atoms with Crippen LogP contribution in [-0.4, -0.2) is 26.9 Å². The first kappa shape index (κ1) is 17.4. The van der Waals surface area contributed by atoms with Gasteiger partial charge in [0.25, 0.3) is 0 Å². The molecule has 2 aromatic carbocycles. The van der Waals surface area contributed by atoms with Crippen LogP contribution < -0.4 is 4.74 Å². The second-order valence-electron chi connectivity index (χ2n) is 5.88. The van der Waals surface area contributed by atoms with Gasteiger partial charge in [0.1, 0.15) is 16.8 Å². The van der Waals surface area contributed by atoms with Gasteiger partial charge in [0, 0.05) is 5.56 Å². The number of hydrogen-bond donors (Lipinski definition) is 0. The third-order valence-electron chi connectivity index (χ3n) is 4.05. The minimum Gasteiger partial charge on any atom is -0.497 e. The maximum absolute atomic E-state index is 13.5. The van der Waals surface area contributed by atoms with E-state index in [2.05, 4.69) is 15.1 Å². The lowest BCUT2D eigenvalue weighted by Crippen LogP contribution is -1.99. The Morgan fingerprint density at radius 1 is 1.04 bits per heavy atom. The van der Waals surface area contributed by atoms with Gasteiger partial charge in [-0.05, 0) is 35.9 Å². The average molecular weight is 387 g/mol. The van der Waals surface area contributed by atoms with E-state index in [0.717, 1.165) is 23.4 Å². The zero-order valence-corrected chi connectivity index (χ0v) is 14.9. The van der Waals surface area contributed by atoms with Crippen molar-refractivity contribution in [3.05, 3.63) is 71.0 Å². The molecule has 0 bridgehead atoms. The Hall–Kier alpha value is -3.06. The van der Waals surface area contributed by atoms with Crippen molar-refractivity contribution in [2.45, 2.75) is 6.54 Å². The third-order valence-corrected chi connectivity index (χ3v) is 4.31. The molecule has 136 valence electrons. The van der Waals surface area contributed by atoms with Crippen molar-refractivity contribution in [3.63, 3.8) is 0 Å². The quantitative estimate of drug-likeness (QED) is 0.485. The molecular formula is C19H13ClF2N4O. The zero-order chi connectivity index (χ0) is 19.0. The Bertz CT molecular complexity index is 1130. The van der Waals surface area contributed by atoms with Crippen molar-refractivity contribution < 1.29 is 13.5 Å². The minimum absolute atomic E-state index is 0.146. The highest BCUT2D eigenvalue weighted by Crippen LogP contribution is 2.25. The number of hydrogen-bond acceptors (Lipinski definition) is 4. The van der Waals surface area contributed by atoms with Gasteiger partial charge in [-0.25, -0.2) is 18.7 Å². The van der Waals surface area contributed by atoms with Gasteiger partial charge in [0.15, 0.2) is 22.6 Å². The van der Waals surface area contributed by atoms with E-state index in [-0.39, 0.29) is 11.0 Å². The fraction of sp³-hybridized carbons (Fsp3) is 0.105. The largest absolute Gasteiger partial charge is 0.497 e. The van der Waals surface area contributed by atoms with Crippen LogP contribution in [0.1, 0.15) is 5.56 Å². The SMILES string of the molecule is COc1ccc(Cn2cc3nc(-c4ccc(F)c(F)c4)nc(Cl)c3n2)cc1. The van der Waals surface area contributed by atoms with Crippen molar-refractivity contribution in [1.82, 2.24) is 19.7 Å². The van der Waals surface area contributed by atoms with Crippen molar-refractivity contribution in [2.24, 2.45) is 0 Å². The van der Waals surface area contributed by atoms with E-state index in [0.29, 0.717) is 23.1 Å². The molecule has 0 amide bonds. The summed E-state index contributed by atoms with van der Waals surface area (Å²) in [5, 5.41) is 4.56. The molecule has 0 spiro atoms. The molecule has 0 N–H and O–H groups in total. The summed E-state index contributed by atoms with van der Waals surface area (Å²) in [5.41, 5.74) is 2.31. The number of fused-ring (bicyclic) bond motifs is 1. The maximum atomic E-state index is 13.5. The fourth-order valence-electron chi connectivity index (χ4n) is 2.69. The molecule has 5 nitrogen and oxygen atoms in total. The summed E-state index contributed by atoms with van der Waals surface area (Å²) in [6, 6.07) is 11.1. The Morgan fingerprint density at radius 3 is 2.52 bits per heavy atom. The fourth-order valence-corrected chi connectivity index (χ4v) is 2.90. The number of methoxy groups -OCH3 is 1. The van der Waals surface area contributed by atoms with E-state index >= 15 is 0 Å². The normalized spacial score (nSPS) is 11.1. The van der Waals surface area contributed by atoms with Crippen molar-refractivity contribution in [2.75, 3.05) is 7.11 Å². The molecule has 2 aromatic heterocycles. The van der Waals surface area contributed by atoms with E-state index in [1.807, 2.05) is 24.3 Å². The van der Waals surface area contributed by atoms with Gasteiger partial charge in [0.2, 0.25) is 0 Å². The van der Waals surface area contributed by atoms with Crippen molar-refractivity contribution in [1.29, 1.82) is 0 Å². The van der Waals surface area contributed by atoms with Gasteiger partial charge < -0.3 is 4.74 Å². The molecule has 27 heavy (non-hydrogen) atoms. The monoisotopic (exact) mass is 386 g/mol. The van der Waals surface area contributed by atoms with Crippen LogP contribution in [-0.2, 0) is 6.54 Å². The summed E-state index contributed by atoms with van der Waals surface area (Å²) in [6.07, 6.45) is 1.73. The smallest absolute Gasteiger partial charge is 0.161 e. The second kappa shape index (κ2) is 6.92. The molecule has 4 aromatic rings. The number of ether oxygens (including phenoxy) is 1. The van der Waals surface area contributed by atoms with Crippen LogP contribution in [0.25, 0.3) is 22.4 Å². The Kier molecular flexibility index (Phi) is 4.45. The lowest BCUT2D eigenvalue weighted by Gasteiger charge is -2.03. The summed E-state index contributed by atoms with van der Waals surface area (Å²) >= 11 is 6.23. The molecule has 0 aliphatic rings. The van der Waals surface area contributed by atoms with Crippen LogP contribution in [0.15, 0.2) is 48.7 Å². The highest BCUT2D eigenvalue weighted by molar-refractivity contribution is 6.33. The highest BCUT2D eigenvalue weighted by atomic mass is 35.5. The highest BCUT2D eigenvalue weighted by Gasteiger charge is 2.13. The van der Waals surface area contributed by atoms with Crippen LogP contribution in [0.3, 0.4) is 0 Å². The van der Waals surface area contributed by atoms with E-state index in [4.69, 9.17) is 16.3 Å². The summed E-state index contributed by atoms with van der Waals surface area (Å²) in [4.78, 5) is 8.54. The number of rotatable bonds is 4. The van der Waals surface area contributed by atoms with Gasteiger partial charge in [-0.15, -0.1) is 0 Å². The standard InChI is InChI=1S/C19H13ClF2N4O/c1-27-13-5-2-11(3-6-13)9-26-10-16-17(25-26)18(20)24-19(23-16)12-4-7-14(21)15(22)8-12/h2-8,10H,9H2,1H3. The van der Waals surface area contributed by atoms with Crippen LogP contribution >= 0.6 is 11.6 Å². The molecule has 0 unspecified atom stereocenters. The number of nitrogens with zero attached hydrogens (tertiary/aromatic N) is 4. The lowest BCUT2D eigenvalue weighted by molar-refractivity contribution is 0.414. The number of halogens is 3. The third kappa shape index (κ3) is 3.46. The molecule has 2 heterocycles. The predicted molar refractivity (Wildman–Crippen MR) is 97.8 cm³/mol. The van der Waals surface area contributed by atoms with Gasteiger partial charge >= 0.3 is 0 Å². The van der Waals surface area contributed by atoms with E-state index in [9.17, 15) is 8.78 Å². The van der Waals surface area contributed by atoms with Gasteiger partial charge in [-0.2, -0.15) is 5.10 Å².